The Hall–Kier alpha value is -1.10. The van der Waals surface area contributed by atoms with Crippen molar-refractivity contribution in [3.8, 4) is 5.75 Å². The van der Waals surface area contributed by atoms with E-state index in [1.165, 1.54) is 6.42 Å². The number of aliphatic hydroxyl groups excluding tert-OH is 1. The van der Waals surface area contributed by atoms with E-state index in [4.69, 9.17) is 14.2 Å². The molecule has 0 amide bonds. The van der Waals surface area contributed by atoms with Crippen LogP contribution in [0.15, 0.2) is 24.3 Å². The standard InChI is InChI=1S/C15H22O4/c1-17-13-7-5-12(6-8-13)15(16)11-18-10-14-4-2-3-9-19-14/h5-8,14-16H,2-4,9-11H2,1H3. The van der Waals surface area contributed by atoms with Crippen molar-refractivity contribution < 1.29 is 19.3 Å². The number of benzene rings is 1. The lowest BCUT2D eigenvalue weighted by molar-refractivity contribution is -0.0574. The molecule has 1 aromatic carbocycles. The summed E-state index contributed by atoms with van der Waals surface area (Å²) in [5.74, 6) is 0.785. The molecule has 0 aromatic heterocycles. The van der Waals surface area contributed by atoms with Crippen molar-refractivity contribution in [2.75, 3.05) is 26.9 Å². The normalized spacial score (nSPS) is 21.1. The second-order valence-electron chi connectivity index (χ2n) is 4.81. The quantitative estimate of drug-likeness (QED) is 0.858. The molecule has 0 spiro atoms. The van der Waals surface area contributed by atoms with E-state index >= 15 is 0 Å². The van der Waals surface area contributed by atoms with Crippen LogP contribution in [0.1, 0.15) is 30.9 Å². The number of ether oxygens (including phenoxy) is 3. The molecule has 19 heavy (non-hydrogen) atoms. The van der Waals surface area contributed by atoms with Crippen LogP contribution in [0.25, 0.3) is 0 Å². The zero-order chi connectivity index (χ0) is 13.5. The maximum absolute atomic E-state index is 10.0. The van der Waals surface area contributed by atoms with E-state index in [2.05, 4.69) is 0 Å². The van der Waals surface area contributed by atoms with Crippen molar-refractivity contribution in [2.45, 2.75) is 31.5 Å². The number of rotatable bonds is 6. The summed E-state index contributed by atoms with van der Waals surface area (Å²) in [6.07, 6.45) is 2.99. The first-order valence-corrected chi connectivity index (χ1v) is 6.81. The summed E-state index contributed by atoms with van der Waals surface area (Å²) in [7, 11) is 1.62. The van der Waals surface area contributed by atoms with Gasteiger partial charge in [-0.2, -0.15) is 0 Å². The van der Waals surface area contributed by atoms with Gasteiger partial charge in [0.1, 0.15) is 11.9 Å². The number of hydrogen-bond acceptors (Lipinski definition) is 4. The molecule has 4 nitrogen and oxygen atoms in total. The fourth-order valence-electron chi connectivity index (χ4n) is 2.17. The van der Waals surface area contributed by atoms with E-state index in [1.54, 1.807) is 7.11 Å². The average Bonchev–Trinajstić information content (AvgIpc) is 2.48. The minimum Gasteiger partial charge on any atom is -0.497 e. The Balaban J connectivity index is 1.72. The molecule has 1 aromatic rings. The molecule has 0 saturated carbocycles. The van der Waals surface area contributed by atoms with Gasteiger partial charge in [0.05, 0.1) is 26.4 Å². The molecule has 0 radical (unpaired) electrons. The molecule has 2 rings (SSSR count). The Bertz CT molecular complexity index is 357. The molecular formula is C15H22O4. The molecule has 1 fully saturated rings. The molecule has 1 saturated heterocycles. The zero-order valence-electron chi connectivity index (χ0n) is 11.4. The van der Waals surface area contributed by atoms with E-state index in [-0.39, 0.29) is 6.10 Å². The molecule has 1 heterocycles. The van der Waals surface area contributed by atoms with E-state index in [0.29, 0.717) is 13.2 Å². The first kappa shape index (κ1) is 14.3. The number of aliphatic hydroxyl groups is 1. The van der Waals surface area contributed by atoms with Gasteiger partial charge in [0.2, 0.25) is 0 Å². The van der Waals surface area contributed by atoms with Gasteiger partial charge in [-0.05, 0) is 37.0 Å². The van der Waals surface area contributed by atoms with Crippen LogP contribution in [-0.4, -0.2) is 38.1 Å². The SMILES string of the molecule is COc1ccc(C(O)COCC2CCCCO2)cc1. The van der Waals surface area contributed by atoms with Crippen molar-refractivity contribution in [1.82, 2.24) is 0 Å². The molecule has 1 N–H and O–H groups in total. The third-order valence-corrected chi connectivity index (χ3v) is 3.35. The first-order chi connectivity index (χ1) is 9.29. The predicted molar refractivity (Wildman–Crippen MR) is 72.4 cm³/mol. The highest BCUT2D eigenvalue weighted by Gasteiger charge is 2.15. The minimum absolute atomic E-state index is 0.191. The summed E-state index contributed by atoms with van der Waals surface area (Å²) in [6.45, 7) is 1.69. The van der Waals surface area contributed by atoms with Crippen LogP contribution in [0.3, 0.4) is 0 Å². The molecule has 2 unspecified atom stereocenters. The lowest BCUT2D eigenvalue weighted by Crippen LogP contribution is -2.25. The van der Waals surface area contributed by atoms with Crippen molar-refractivity contribution in [3.05, 3.63) is 29.8 Å². The van der Waals surface area contributed by atoms with Crippen LogP contribution in [0, 0.1) is 0 Å². The van der Waals surface area contributed by atoms with Crippen molar-refractivity contribution >= 4 is 0 Å². The Morgan fingerprint density at radius 1 is 1.32 bits per heavy atom. The highest BCUT2D eigenvalue weighted by Crippen LogP contribution is 2.18. The Labute approximate surface area is 114 Å². The van der Waals surface area contributed by atoms with Crippen molar-refractivity contribution in [1.29, 1.82) is 0 Å². The summed E-state index contributed by atoms with van der Waals surface area (Å²) in [6, 6.07) is 7.37. The van der Waals surface area contributed by atoms with Crippen LogP contribution >= 0.6 is 0 Å². The maximum Gasteiger partial charge on any atom is 0.118 e. The molecule has 0 bridgehead atoms. The van der Waals surface area contributed by atoms with E-state index in [9.17, 15) is 5.11 Å². The highest BCUT2D eigenvalue weighted by atomic mass is 16.5. The molecule has 1 aliphatic rings. The van der Waals surface area contributed by atoms with Crippen molar-refractivity contribution in [2.24, 2.45) is 0 Å². The van der Waals surface area contributed by atoms with Gasteiger partial charge in [-0.1, -0.05) is 12.1 Å². The van der Waals surface area contributed by atoms with Crippen LogP contribution < -0.4 is 4.74 Å². The average molecular weight is 266 g/mol. The maximum atomic E-state index is 10.0. The molecule has 1 aliphatic heterocycles. The van der Waals surface area contributed by atoms with E-state index in [0.717, 1.165) is 30.8 Å². The smallest absolute Gasteiger partial charge is 0.118 e. The highest BCUT2D eigenvalue weighted by molar-refractivity contribution is 5.28. The van der Waals surface area contributed by atoms with Gasteiger partial charge >= 0.3 is 0 Å². The van der Waals surface area contributed by atoms with Crippen molar-refractivity contribution in [3.63, 3.8) is 0 Å². The summed E-state index contributed by atoms with van der Waals surface area (Å²) in [5.41, 5.74) is 0.838. The van der Waals surface area contributed by atoms with Gasteiger partial charge in [-0.25, -0.2) is 0 Å². The van der Waals surface area contributed by atoms with Gasteiger partial charge < -0.3 is 19.3 Å². The molecular weight excluding hydrogens is 244 g/mol. The number of methoxy groups -OCH3 is 1. The van der Waals surface area contributed by atoms with Gasteiger partial charge in [0.15, 0.2) is 0 Å². The van der Waals surface area contributed by atoms with E-state index in [1.807, 2.05) is 24.3 Å². The Morgan fingerprint density at radius 2 is 2.11 bits per heavy atom. The summed E-state index contributed by atoms with van der Waals surface area (Å²) < 4.78 is 16.2. The lowest BCUT2D eigenvalue weighted by atomic mass is 10.1. The Morgan fingerprint density at radius 3 is 2.74 bits per heavy atom. The summed E-state index contributed by atoms with van der Waals surface area (Å²) in [5, 5.41) is 10.0. The largest absolute Gasteiger partial charge is 0.497 e. The molecule has 0 aliphatic carbocycles. The first-order valence-electron chi connectivity index (χ1n) is 6.81. The summed E-state index contributed by atoms with van der Waals surface area (Å²) >= 11 is 0. The van der Waals surface area contributed by atoms with Gasteiger partial charge in [-0.3, -0.25) is 0 Å². The van der Waals surface area contributed by atoms with Crippen LogP contribution in [0.5, 0.6) is 5.75 Å². The topological polar surface area (TPSA) is 47.9 Å². The minimum atomic E-state index is -0.602. The third kappa shape index (κ3) is 4.49. The third-order valence-electron chi connectivity index (χ3n) is 3.35. The van der Waals surface area contributed by atoms with Crippen LogP contribution in [-0.2, 0) is 9.47 Å². The monoisotopic (exact) mass is 266 g/mol. The van der Waals surface area contributed by atoms with Gasteiger partial charge in [-0.15, -0.1) is 0 Å². The predicted octanol–water partition coefficient (Wildman–Crippen LogP) is 2.31. The van der Waals surface area contributed by atoms with Crippen LogP contribution in [0.4, 0.5) is 0 Å². The molecule has 4 heteroatoms. The number of hydrogen-bond donors (Lipinski definition) is 1. The fourth-order valence-corrected chi connectivity index (χ4v) is 2.17. The second-order valence-corrected chi connectivity index (χ2v) is 4.81. The Kier molecular flexibility index (Phi) is 5.63. The zero-order valence-corrected chi connectivity index (χ0v) is 11.4. The van der Waals surface area contributed by atoms with Crippen LogP contribution in [0.2, 0.25) is 0 Å². The molecule has 2 atom stereocenters. The van der Waals surface area contributed by atoms with Gasteiger partial charge in [0.25, 0.3) is 0 Å². The lowest BCUT2D eigenvalue weighted by Gasteiger charge is -2.23. The fraction of sp³-hybridized carbons (Fsp3) is 0.600. The van der Waals surface area contributed by atoms with E-state index < -0.39 is 6.10 Å². The molecule has 106 valence electrons. The van der Waals surface area contributed by atoms with Gasteiger partial charge in [0, 0.05) is 6.61 Å². The summed E-state index contributed by atoms with van der Waals surface area (Å²) in [4.78, 5) is 0. The second kappa shape index (κ2) is 7.48.